The summed E-state index contributed by atoms with van der Waals surface area (Å²) in [4.78, 5) is 12.0. The molecule has 0 heterocycles. The predicted molar refractivity (Wildman–Crippen MR) is 80.3 cm³/mol. The molecule has 0 aromatic heterocycles. The summed E-state index contributed by atoms with van der Waals surface area (Å²) in [6, 6.07) is 9.47. The second-order valence-electron chi connectivity index (χ2n) is 3.82. The Kier molecular flexibility index (Phi) is 4.20. The van der Waals surface area contributed by atoms with Crippen LogP contribution in [-0.2, 0) is 0 Å². The fraction of sp³-hybridized carbons (Fsp3) is 0. The monoisotopic (exact) mass is 314 g/mol. The van der Waals surface area contributed by atoms with Crippen LogP contribution in [0.15, 0.2) is 36.4 Å². The molecule has 0 radical (unpaired) electrons. The summed E-state index contributed by atoms with van der Waals surface area (Å²) in [6.07, 6.45) is 0. The average molecular weight is 316 g/mol. The molecule has 0 atom stereocenters. The Labute approximate surface area is 125 Å². The summed E-state index contributed by atoms with van der Waals surface area (Å²) < 4.78 is 0. The van der Waals surface area contributed by atoms with Crippen molar-refractivity contribution in [3.63, 3.8) is 0 Å². The molecule has 0 unspecified atom stereocenters. The first kappa shape index (κ1) is 14.0. The van der Waals surface area contributed by atoms with Gasteiger partial charge in [-0.2, -0.15) is 0 Å². The molecule has 0 aliphatic carbocycles. The van der Waals surface area contributed by atoms with Crippen LogP contribution in [0.5, 0.6) is 0 Å². The maximum Gasteiger partial charge on any atom is 0.255 e. The number of carbonyl (C=O) groups is 1. The predicted octanol–water partition coefficient (Wildman–Crippen LogP) is 4.48. The van der Waals surface area contributed by atoms with Crippen molar-refractivity contribution in [1.29, 1.82) is 0 Å². The second kappa shape index (κ2) is 5.70. The van der Waals surface area contributed by atoms with Gasteiger partial charge in [0.15, 0.2) is 0 Å². The lowest BCUT2D eigenvalue weighted by molar-refractivity contribution is 0.102. The van der Waals surface area contributed by atoms with Gasteiger partial charge in [0.25, 0.3) is 5.91 Å². The van der Waals surface area contributed by atoms with Gasteiger partial charge in [-0.1, -0.05) is 34.8 Å². The zero-order valence-electron chi connectivity index (χ0n) is 9.58. The topological polar surface area (TPSA) is 55.1 Å². The number of rotatable bonds is 2. The Balaban J connectivity index is 2.23. The maximum absolute atomic E-state index is 12.0. The van der Waals surface area contributed by atoms with E-state index in [2.05, 4.69) is 5.32 Å². The highest BCUT2D eigenvalue weighted by Crippen LogP contribution is 2.26. The van der Waals surface area contributed by atoms with Gasteiger partial charge in [-0.15, -0.1) is 0 Å². The number of nitrogens with two attached hydrogens (primary N) is 1. The molecule has 0 saturated carbocycles. The molecule has 19 heavy (non-hydrogen) atoms. The Morgan fingerprint density at radius 1 is 0.947 bits per heavy atom. The Bertz CT molecular complexity index is 644. The summed E-state index contributed by atoms with van der Waals surface area (Å²) in [5.74, 6) is -0.328. The third-order valence-corrected chi connectivity index (χ3v) is 3.47. The van der Waals surface area contributed by atoms with Crippen LogP contribution in [0.4, 0.5) is 11.4 Å². The molecule has 0 fully saturated rings. The lowest BCUT2D eigenvalue weighted by Gasteiger charge is -2.08. The summed E-state index contributed by atoms with van der Waals surface area (Å²) in [7, 11) is 0. The number of benzene rings is 2. The summed E-state index contributed by atoms with van der Waals surface area (Å²) >= 11 is 17.6. The van der Waals surface area contributed by atoms with E-state index in [0.29, 0.717) is 32.0 Å². The zero-order chi connectivity index (χ0) is 14.0. The van der Waals surface area contributed by atoms with Crippen molar-refractivity contribution in [2.45, 2.75) is 0 Å². The lowest BCUT2D eigenvalue weighted by atomic mass is 10.2. The molecule has 98 valence electrons. The van der Waals surface area contributed by atoms with Crippen molar-refractivity contribution < 1.29 is 4.79 Å². The van der Waals surface area contributed by atoms with E-state index >= 15 is 0 Å². The summed E-state index contributed by atoms with van der Waals surface area (Å²) in [5, 5.41) is 3.75. The molecule has 2 aromatic carbocycles. The van der Waals surface area contributed by atoms with Crippen LogP contribution in [0.25, 0.3) is 0 Å². The minimum atomic E-state index is -0.328. The Hall–Kier alpha value is -1.42. The van der Waals surface area contributed by atoms with Crippen molar-refractivity contribution in [2.75, 3.05) is 11.1 Å². The number of hydrogen-bond acceptors (Lipinski definition) is 2. The number of halogens is 3. The third kappa shape index (κ3) is 3.32. The minimum Gasteiger partial charge on any atom is -0.399 e. The first-order valence-electron chi connectivity index (χ1n) is 5.29. The average Bonchev–Trinajstić information content (AvgIpc) is 2.36. The summed E-state index contributed by atoms with van der Waals surface area (Å²) in [6.45, 7) is 0. The van der Waals surface area contributed by atoms with E-state index in [1.807, 2.05) is 0 Å². The molecule has 0 aliphatic heterocycles. The van der Waals surface area contributed by atoms with Crippen LogP contribution in [0.2, 0.25) is 15.1 Å². The van der Waals surface area contributed by atoms with Gasteiger partial charge in [-0.25, -0.2) is 0 Å². The van der Waals surface area contributed by atoms with E-state index in [4.69, 9.17) is 40.5 Å². The van der Waals surface area contributed by atoms with Gasteiger partial charge in [0.05, 0.1) is 20.8 Å². The minimum absolute atomic E-state index is 0.317. The quantitative estimate of drug-likeness (QED) is 0.803. The standard InChI is InChI=1S/C13H9Cl3N2O/c14-9-3-1-7(5-10(9)15)13(19)18-12-4-2-8(17)6-11(12)16/h1-6H,17H2,(H,18,19). The van der Waals surface area contributed by atoms with E-state index in [-0.39, 0.29) is 5.91 Å². The SMILES string of the molecule is Nc1ccc(NC(=O)c2ccc(Cl)c(Cl)c2)c(Cl)c1. The lowest BCUT2D eigenvalue weighted by Crippen LogP contribution is -2.12. The van der Waals surface area contributed by atoms with Crippen LogP contribution in [0.3, 0.4) is 0 Å². The van der Waals surface area contributed by atoms with Gasteiger partial charge in [-0.3, -0.25) is 4.79 Å². The number of nitrogens with one attached hydrogen (secondary N) is 1. The third-order valence-electron chi connectivity index (χ3n) is 2.42. The van der Waals surface area contributed by atoms with Gasteiger partial charge in [0.1, 0.15) is 0 Å². The van der Waals surface area contributed by atoms with Crippen LogP contribution in [0, 0.1) is 0 Å². The normalized spacial score (nSPS) is 10.3. The largest absolute Gasteiger partial charge is 0.399 e. The molecule has 1 amide bonds. The molecule has 0 bridgehead atoms. The number of carbonyl (C=O) groups excluding carboxylic acids is 1. The van der Waals surface area contributed by atoms with Crippen molar-refractivity contribution in [1.82, 2.24) is 0 Å². The van der Waals surface area contributed by atoms with Gasteiger partial charge in [0, 0.05) is 11.3 Å². The highest BCUT2D eigenvalue weighted by atomic mass is 35.5. The molecule has 0 aliphatic rings. The molecule has 6 heteroatoms. The number of amides is 1. The Morgan fingerprint density at radius 3 is 2.32 bits per heavy atom. The fourth-order valence-corrected chi connectivity index (χ4v) is 2.00. The number of nitrogen functional groups attached to an aromatic ring is 1. The molecule has 3 N–H and O–H groups in total. The van der Waals surface area contributed by atoms with E-state index in [1.54, 1.807) is 30.3 Å². The van der Waals surface area contributed by atoms with Crippen LogP contribution < -0.4 is 11.1 Å². The molecular weight excluding hydrogens is 307 g/mol. The molecule has 0 saturated heterocycles. The number of anilines is 2. The van der Waals surface area contributed by atoms with Crippen LogP contribution in [-0.4, -0.2) is 5.91 Å². The van der Waals surface area contributed by atoms with E-state index in [1.165, 1.54) is 6.07 Å². The van der Waals surface area contributed by atoms with Crippen molar-refractivity contribution in [3.05, 3.63) is 57.0 Å². The van der Waals surface area contributed by atoms with Gasteiger partial charge < -0.3 is 11.1 Å². The van der Waals surface area contributed by atoms with E-state index in [9.17, 15) is 4.79 Å². The highest BCUT2D eigenvalue weighted by Gasteiger charge is 2.10. The van der Waals surface area contributed by atoms with Crippen molar-refractivity contribution in [2.24, 2.45) is 0 Å². The summed E-state index contributed by atoms with van der Waals surface area (Å²) in [5.41, 5.74) is 6.97. The van der Waals surface area contributed by atoms with Crippen molar-refractivity contribution >= 4 is 52.1 Å². The van der Waals surface area contributed by atoms with E-state index in [0.717, 1.165) is 0 Å². The van der Waals surface area contributed by atoms with Crippen LogP contribution in [0.1, 0.15) is 10.4 Å². The molecule has 0 spiro atoms. The molecule has 2 rings (SSSR count). The van der Waals surface area contributed by atoms with E-state index < -0.39 is 0 Å². The maximum atomic E-state index is 12.0. The Morgan fingerprint density at radius 2 is 1.68 bits per heavy atom. The zero-order valence-corrected chi connectivity index (χ0v) is 11.9. The van der Waals surface area contributed by atoms with Gasteiger partial charge >= 0.3 is 0 Å². The molecule has 2 aromatic rings. The number of hydrogen-bond donors (Lipinski definition) is 2. The molecule has 3 nitrogen and oxygen atoms in total. The first-order chi connectivity index (χ1) is 8.97. The van der Waals surface area contributed by atoms with Crippen LogP contribution >= 0.6 is 34.8 Å². The van der Waals surface area contributed by atoms with Gasteiger partial charge in [0.2, 0.25) is 0 Å². The highest BCUT2D eigenvalue weighted by molar-refractivity contribution is 6.42. The second-order valence-corrected chi connectivity index (χ2v) is 5.04. The molecular formula is C13H9Cl3N2O. The first-order valence-corrected chi connectivity index (χ1v) is 6.42. The van der Waals surface area contributed by atoms with Crippen molar-refractivity contribution in [3.8, 4) is 0 Å². The fourth-order valence-electron chi connectivity index (χ4n) is 1.46. The van der Waals surface area contributed by atoms with Gasteiger partial charge in [-0.05, 0) is 36.4 Å². The smallest absolute Gasteiger partial charge is 0.255 e.